The number of aliphatic imine (C=N–C) groups is 1. The fourth-order valence-electron chi connectivity index (χ4n) is 2.64. The van der Waals surface area contributed by atoms with Crippen molar-refractivity contribution in [2.75, 3.05) is 58.4 Å². The van der Waals surface area contributed by atoms with Gasteiger partial charge >= 0.3 is 0 Å². The largest absolute Gasteiger partial charge is 0.506 e. The SMILES string of the molecule is CN=C(NCCCOC)N1CCN(c2ccccc2O)CC1. The molecular formula is C16H26N4O2. The molecule has 1 aliphatic rings. The lowest BCUT2D eigenvalue weighted by Gasteiger charge is -2.37. The van der Waals surface area contributed by atoms with Crippen LogP contribution in [0, 0.1) is 0 Å². The third-order valence-electron chi connectivity index (χ3n) is 3.82. The van der Waals surface area contributed by atoms with Crippen molar-refractivity contribution < 1.29 is 9.84 Å². The average molecular weight is 306 g/mol. The molecule has 0 saturated carbocycles. The van der Waals surface area contributed by atoms with Gasteiger partial charge in [-0.15, -0.1) is 0 Å². The molecule has 6 heteroatoms. The van der Waals surface area contributed by atoms with Gasteiger partial charge in [0.05, 0.1) is 5.69 Å². The second-order valence-electron chi connectivity index (χ2n) is 5.28. The zero-order valence-electron chi connectivity index (χ0n) is 13.5. The minimum absolute atomic E-state index is 0.345. The van der Waals surface area contributed by atoms with E-state index in [0.717, 1.165) is 57.4 Å². The summed E-state index contributed by atoms with van der Waals surface area (Å²) in [6, 6.07) is 7.50. The van der Waals surface area contributed by atoms with Gasteiger partial charge in [-0.3, -0.25) is 4.99 Å². The molecule has 1 aromatic rings. The Kier molecular flexibility index (Phi) is 6.33. The maximum absolute atomic E-state index is 9.95. The van der Waals surface area contributed by atoms with Gasteiger partial charge in [0.15, 0.2) is 5.96 Å². The molecule has 0 atom stereocenters. The van der Waals surface area contributed by atoms with Gasteiger partial charge in [0.1, 0.15) is 5.75 Å². The lowest BCUT2D eigenvalue weighted by Crippen LogP contribution is -2.52. The van der Waals surface area contributed by atoms with Gasteiger partial charge in [-0.2, -0.15) is 0 Å². The molecule has 122 valence electrons. The van der Waals surface area contributed by atoms with Crippen molar-refractivity contribution in [3.05, 3.63) is 24.3 Å². The van der Waals surface area contributed by atoms with E-state index < -0.39 is 0 Å². The zero-order valence-corrected chi connectivity index (χ0v) is 13.5. The van der Waals surface area contributed by atoms with Crippen LogP contribution in [0.2, 0.25) is 0 Å². The number of ether oxygens (including phenoxy) is 1. The summed E-state index contributed by atoms with van der Waals surface area (Å²) < 4.78 is 5.05. The Morgan fingerprint density at radius 1 is 1.27 bits per heavy atom. The van der Waals surface area contributed by atoms with Crippen molar-refractivity contribution in [3.8, 4) is 5.75 Å². The van der Waals surface area contributed by atoms with E-state index in [2.05, 4.69) is 20.1 Å². The molecule has 0 unspecified atom stereocenters. The molecule has 0 amide bonds. The summed E-state index contributed by atoms with van der Waals surface area (Å²) in [5.74, 6) is 1.28. The van der Waals surface area contributed by atoms with Crippen LogP contribution in [0.1, 0.15) is 6.42 Å². The second kappa shape index (κ2) is 8.48. The van der Waals surface area contributed by atoms with Gasteiger partial charge < -0.3 is 25.0 Å². The van der Waals surface area contributed by atoms with E-state index in [0.29, 0.717) is 5.75 Å². The van der Waals surface area contributed by atoms with Crippen LogP contribution in [-0.2, 0) is 4.74 Å². The minimum atomic E-state index is 0.345. The summed E-state index contributed by atoms with van der Waals surface area (Å²) >= 11 is 0. The summed E-state index contributed by atoms with van der Waals surface area (Å²) in [6.07, 6.45) is 0.966. The Balaban J connectivity index is 1.84. The second-order valence-corrected chi connectivity index (χ2v) is 5.28. The number of benzene rings is 1. The molecule has 0 aromatic heterocycles. The number of para-hydroxylation sites is 2. The molecule has 22 heavy (non-hydrogen) atoms. The number of phenolic OH excluding ortho intramolecular Hbond substituents is 1. The van der Waals surface area contributed by atoms with E-state index in [1.165, 1.54) is 0 Å². The number of phenols is 1. The lowest BCUT2D eigenvalue weighted by atomic mass is 10.2. The number of guanidine groups is 1. The van der Waals surface area contributed by atoms with Gasteiger partial charge in [0, 0.05) is 53.5 Å². The third kappa shape index (κ3) is 4.27. The first-order valence-corrected chi connectivity index (χ1v) is 7.73. The topological polar surface area (TPSA) is 60.3 Å². The van der Waals surface area contributed by atoms with Gasteiger partial charge in [-0.05, 0) is 18.6 Å². The standard InChI is InChI=1S/C16H26N4O2/c1-17-16(18-8-5-13-22-2)20-11-9-19(10-12-20)14-6-3-4-7-15(14)21/h3-4,6-7,21H,5,8-13H2,1-2H3,(H,17,18). The van der Waals surface area contributed by atoms with Crippen molar-refractivity contribution in [2.45, 2.75) is 6.42 Å². The Morgan fingerprint density at radius 2 is 2.00 bits per heavy atom. The number of hydrogen-bond donors (Lipinski definition) is 2. The maximum Gasteiger partial charge on any atom is 0.193 e. The van der Waals surface area contributed by atoms with Crippen molar-refractivity contribution in [1.29, 1.82) is 0 Å². The summed E-state index contributed by atoms with van der Waals surface area (Å²) in [5, 5.41) is 13.3. The van der Waals surface area contributed by atoms with Crippen LogP contribution in [-0.4, -0.2) is 69.5 Å². The van der Waals surface area contributed by atoms with E-state index in [1.807, 2.05) is 25.2 Å². The number of anilines is 1. The summed E-state index contributed by atoms with van der Waals surface area (Å²) in [4.78, 5) is 8.81. The molecule has 1 saturated heterocycles. The first kappa shape index (κ1) is 16.4. The lowest BCUT2D eigenvalue weighted by molar-refractivity contribution is 0.195. The number of nitrogens with zero attached hydrogens (tertiary/aromatic N) is 3. The van der Waals surface area contributed by atoms with Crippen LogP contribution in [0.4, 0.5) is 5.69 Å². The summed E-state index contributed by atoms with van der Waals surface area (Å²) in [7, 11) is 3.53. The molecular weight excluding hydrogens is 280 g/mol. The van der Waals surface area contributed by atoms with Crippen LogP contribution in [0.15, 0.2) is 29.3 Å². The Morgan fingerprint density at radius 3 is 2.64 bits per heavy atom. The number of rotatable bonds is 5. The molecule has 1 heterocycles. The monoisotopic (exact) mass is 306 g/mol. The summed E-state index contributed by atoms with van der Waals surface area (Å²) in [6.45, 7) is 5.13. The fourth-order valence-corrected chi connectivity index (χ4v) is 2.64. The van der Waals surface area contributed by atoms with Crippen molar-refractivity contribution in [3.63, 3.8) is 0 Å². The highest BCUT2D eigenvalue weighted by molar-refractivity contribution is 5.80. The zero-order chi connectivity index (χ0) is 15.8. The normalized spacial score (nSPS) is 16.0. The van der Waals surface area contributed by atoms with Crippen LogP contribution >= 0.6 is 0 Å². The van der Waals surface area contributed by atoms with Crippen molar-refractivity contribution >= 4 is 11.6 Å². The third-order valence-corrected chi connectivity index (χ3v) is 3.82. The highest BCUT2D eigenvalue weighted by Gasteiger charge is 2.20. The summed E-state index contributed by atoms with van der Waals surface area (Å²) in [5.41, 5.74) is 0.908. The number of aromatic hydroxyl groups is 1. The molecule has 0 bridgehead atoms. The highest BCUT2D eigenvalue weighted by Crippen LogP contribution is 2.27. The molecule has 2 rings (SSSR count). The Hall–Kier alpha value is -1.95. The predicted molar refractivity (Wildman–Crippen MR) is 89.7 cm³/mol. The van der Waals surface area contributed by atoms with Crippen LogP contribution in [0.25, 0.3) is 0 Å². The maximum atomic E-state index is 9.95. The van der Waals surface area contributed by atoms with Crippen LogP contribution in [0.3, 0.4) is 0 Å². The number of piperazine rings is 1. The van der Waals surface area contributed by atoms with Crippen LogP contribution in [0.5, 0.6) is 5.75 Å². The van der Waals surface area contributed by atoms with Crippen molar-refractivity contribution in [1.82, 2.24) is 10.2 Å². The molecule has 0 aliphatic carbocycles. The Labute approximate surface area is 132 Å². The van der Waals surface area contributed by atoms with Gasteiger partial charge in [0.2, 0.25) is 0 Å². The van der Waals surface area contributed by atoms with Crippen molar-refractivity contribution in [2.24, 2.45) is 4.99 Å². The average Bonchev–Trinajstić information content (AvgIpc) is 2.56. The first-order valence-electron chi connectivity index (χ1n) is 7.73. The smallest absolute Gasteiger partial charge is 0.193 e. The molecule has 1 aromatic carbocycles. The fraction of sp³-hybridized carbons (Fsp3) is 0.562. The van der Waals surface area contributed by atoms with Gasteiger partial charge in [-0.1, -0.05) is 12.1 Å². The van der Waals surface area contributed by atoms with Crippen LogP contribution < -0.4 is 10.2 Å². The minimum Gasteiger partial charge on any atom is -0.506 e. The first-order chi connectivity index (χ1) is 10.8. The van der Waals surface area contributed by atoms with E-state index >= 15 is 0 Å². The van der Waals surface area contributed by atoms with E-state index in [4.69, 9.17) is 4.74 Å². The quantitative estimate of drug-likeness (QED) is 0.485. The highest BCUT2D eigenvalue weighted by atomic mass is 16.5. The predicted octanol–water partition coefficient (Wildman–Crippen LogP) is 1.13. The van der Waals surface area contributed by atoms with E-state index in [-0.39, 0.29) is 0 Å². The van der Waals surface area contributed by atoms with Gasteiger partial charge in [-0.25, -0.2) is 0 Å². The van der Waals surface area contributed by atoms with Gasteiger partial charge in [0.25, 0.3) is 0 Å². The van der Waals surface area contributed by atoms with E-state index in [9.17, 15) is 5.11 Å². The number of methoxy groups -OCH3 is 1. The molecule has 2 N–H and O–H groups in total. The Bertz CT molecular complexity index is 485. The van der Waals surface area contributed by atoms with E-state index in [1.54, 1.807) is 13.2 Å². The molecule has 0 spiro atoms. The number of hydrogen-bond acceptors (Lipinski definition) is 4. The molecule has 6 nitrogen and oxygen atoms in total. The molecule has 1 fully saturated rings. The molecule has 0 radical (unpaired) electrons. The molecule has 1 aliphatic heterocycles. The number of nitrogens with one attached hydrogen (secondary N) is 1.